The van der Waals surface area contributed by atoms with Gasteiger partial charge in [0.1, 0.15) is 5.82 Å². The van der Waals surface area contributed by atoms with E-state index in [-0.39, 0.29) is 5.82 Å². The van der Waals surface area contributed by atoms with Gasteiger partial charge in [-0.1, -0.05) is 43.3 Å². The minimum atomic E-state index is -0.0679. The van der Waals surface area contributed by atoms with E-state index < -0.39 is 0 Å². The summed E-state index contributed by atoms with van der Waals surface area (Å²) in [6, 6.07) is 13.9. The van der Waals surface area contributed by atoms with Crippen LogP contribution in [0.1, 0.15) is 35.1 Å². The van der Waals surface area contributed by atoms with Crippen LogP contribution < -0.4 is 5.32 Å². The summed E-state index contributed by atoms with van der Waals surface area (Å²) in [7, 11) is 0. The summed E-state index contributed by atoms with van der Waals surface area (Å²) in [5.74, 6) is 0.379. The monoisotopic (exact) mass is 269 g/mol. The number of hydrogen-bond donors (Lipinski definition) is 1. The minimum absolute atomic E-state index is 0.0679. The molecule has 1 nitrogen and oxygen atoms in total. The van der Waals surface area contributed by atoms with Crippen LogP contribution in [0.2, 0.25) is 0 Å². The fraction of sp³-hybridized carbons (Fsp3) is 0.333. The molecule has 0 fully saturated rings. The van der Waals surface area contributed by atoms with Crippen LogP contribution in [0, 0.1) is 5.82 Å². The van der Waals surface area contributed by atoms with E-state index in [2.05, 4.69) is 30.4 Å². The Labute approximate surface area is 119 Å². The SMILES string of the molecule is CC1CNCCc2cc(F)c(Cc3ccccc3)cc21. The Morgan fingerprint density at radius 2 is 2.00 bits per heavy atom. The summed E-state index contributed by atoms with van der Waals surface area (Å²) in [4.78, 5) is 0. The highest BCUT2D eigenvalue weighted by atomic mass is 19.1. The molecule has 1 aliphatic rings. The molecule has 1 N–H and O–H groups in total. The van der Waals surface area contributed by atoms with Crippen LogP contribution >= 0.6 is 0 Å². The topological polar surface area (TPSA) is 12.0 Å². The second-order valence-electron chi connectivity index (χ2n) is 5.66. The summed E-state index contributed by atoms with van der Waals surface area (Å²) >= 11 is 0. The number of halogens is 1. The maximum Gasteiger partial charge on any atom is 0.127 e. The van der Waals surface area contributed by atoms with E-state index in [1.165, 1.54) is 5.56 Å². The van der Waals surface area contributed by atoms with Crippen molar-refractivity contribution in [3.8, 4) is 0 Å². The molecule has 3 rings (SSSR count). The summed E-state index contributed by atoms with van der Waals surface area (Å²) < 4.78 is 14.3. The van der Waals surface area contributed by atoms with Gasteiger partial charge in [-0.15, -0.1) is 0 Å². The Kier molecular flexibility index (Phi) is 3.83. The first-order chi connectivity index (χ1) is 9.74. The zero-order valence-corrected chi connectivity index (χ0v) is 11.8. The van der Waals surface area contributed by atoms with Crippen molar-refractivity contribution in [1.82, 2.24) is 5.32 Å². The Bertz CT molecular complexity index is 592. The van der Waals surface area contributed by atoms with Gasteiger partial charge in [0.05, 0.1) is 0 Å². The van der Waals surface area contributed by atoms with E-state index in [4.69, 9.17) is 0 Å². The molecule has 1 aliphatic heterocycles. The summed E-state index contributed by atoms with van der Waals surface area (Å²) in [5.41, 5.74) is 4.44. The second-order valence-corrected chi connectivity index (χ2v) is 5.66. The maximum atomic E-state index is 14.3. The van der Waals surface area contributed by atoms with Crippen molar-refractivity contribution in [2.24, 2.45) is 0 Å². The lowest BCUT2D eigenvalue weighted by molar-refractivity contribution is 0.609. The van der Waals surface area contributed by atoms with Crippen molar-refractivity contribution in [1.29, 1.82) is 0 Å². The van der Waals surface area contributed by atoms with Gasteiger partial charge < -0.3 is 5.32 Å². The van der Waals surface area contributed by atoms with E-state index in [0.717, 1.165) is 36.2 Å². The lowest BCUT2D eigenvalue weighted by atomic mass is 9.91. The van der Waals surface area contributed by atoms with Crippen LogP contribution in [-0.2, 0) is 12.8 Å². The quantitative estimate of drug-likeness (QED) is 0.877. The first-order valence-electron chi connectivity index (χ1n) is 7.30. The van der Waals surface area contributed by atoms with Crippen molar-refractivity contribution < 1.29 is 4.39 Å². The van der Waals surface area contributed by atoms with Gasteiger partial charge >= 0.3 is 0 Å². The molecular weight excluding hydrogens is 249 g/mol. The summed E-state index contributed by atoms with van der Waals surface area (Å²) in [6.07, 6.45) is 1.59. The standard InChI is InChI=1S/C18H20FN/c1-13-12-20-8-7-15-11-18(19)16(10-17(13)15)9-14-5-3-2-4-6-14/h2-6,10-11,13,20H,7-9,12H2,1H3. The van der Waals surface area contributed by atoms with E-state index in [9.17, 15) is 4.39 Å². The molecule has 0 radical (unpaired) electrons. The highest BCUT2D eigenvalue weighted by Crippen LogP contribution is 2.26. The van der Waals surface area contributed by atoms with Crippen molar-refractivity contribution in [3.63, 3.8) is 0 Å². The third-order valence-electron chi connectivity index (χ3n) is 4.10. The van der Waals surface area contributed by atoms with Crippen LogP contribution in [0.4, 0.5) is 4.39 Å². The Morgan fingerprint density at radius 3 is 2.80 bits per heavy atom. The van der Waals surface area contributed by atoms with Gasteiger partial charge in [-0.25, -0.2) is 4.39 Å². The lowest BCUT2D eigenvalue weighted by Gasteiger charge is -2.15. The summed E-state index contributed by atoms with van der Waals surface area (Å²) in [5, 5.41) is 3.41. The van der Waals surface area contributed by atoms with E-state index in [1.807, 2.05) is 18.2 Å². The zero-order valence-electron chi connectivity index (χ0n) is 11.8. The number of benzene rings is 2. The predicted octanol–water partition coefficient (Wildman–Crippen LogP) is 3.67. The molecule has 0 aromatic heterocycles. The molecule has 20 heavy (non-hydrogen) atoms. The van der Waals surface area contributed by atoms with Crippen LogP contribution in [0.15, 0.2) is 42.5 Å². The molecule has 0 saturated carbocycles. The second kappa shape index (κ2) is 5.76. The highest BCUT2D eigenvalue weighted by molar-refractivity contribution is 5.39. The third-order valence-corrected chi connectivity index (χ3v) is 4.10. The van der Waals surface area contributed by atoms with Gasteiger partial charge in [0, 0.05) is 13.0 Å². The first-order valence-corrected chi connectivity index (χ1v) is 7.30. The first kappa shape index (κ1) is 13.3. The largest absolute Gasteiger partial charge is 0.316 e. The third kappa shape index (κ3) is 2.75. The van der Waals surface area contributed by atoms with E-state index in [1.54, 1.807) is 6.07 Å². The highest BCUT2D eigenvalue weighted by Gasteiger charge is 2.17. The van der Waals surface area contributed by atoms with Gasteiger partial charge in [-0.2, -0.15) is 0 Å². The molecule has 0 bridgehead atoms. The molecule has 0 aliphatic carbocycles. The Balaban J connectivity index is 1.96. The average molecular weight is 269 g/mol. The number of fused-ring (bicyclic) bond motifs is 1. The lowest BCUT2D eigenvalue weighted by Crippen LogP contribution is -2.18. The van der Waals surface area contributed by atoms with Crippen LogP contribution in [0.3, 0.4) is 0 Å². The molecule has 2 aromatic rings. The summed E-state index contributed by atoms with van der Waals surface area (Å²) in [6.45, 7) is 4.12. The minimum Gasteiger partial charge on any atom is -0.316 e. The molecule has 2 heteroatoms. The number of nitrogens with one attached hydrogen (secondary N) is 1. The molecule has 1 heterocycles. The molecular formula is C18H20FN. The molecule has 1 unspecified atom stereocenters. The Morgan fingerprint density at radius 1 is 1.20 bits per heavy atom. The van der Waals surface area contributed by atoms with Gasteiger partial charge in [-0.05, 0) is 47.2 Å². The predicted molar refractivity (Wildman–Crippen MR) is 80.6 cm³/mol. The van der Waals surface area contributed by atoms with Crippen molar-refractivity contribution in [2.75, 3.05) is 13.1 Å². The van der Waals surface area contributed by atoms with Gasteiger partial charge in [-0.3, -0.25) is 0 Å². The van der Waals surface area contributed by atoms with Crippen LogP contribution in [-0.4, -0.2) is 13.1 Å². The molecule has 104 valence electrons. The van der Waals surface area contributed by atoms with Crippen molar-refractivity contribution in [3.05, 3.63) is 70.5 Å². The smallest absolute Gasteiger partial charge is 0.127 e. The molecule has 0 saturated heterocycles. The molecule has 0 amide bonds. The molecule has 1 atom stereocenters. The number of rotatable bonds is 2. The fourth-order valence-electron chi connectivity index (χ4n) is 2.96. The van der Waals surface area contributed by atoms with E-state index >= 15 is 0 Å². The normalized spacial score (nSPS) is 18.4. The van der Waals surface area contributed by atoms with Crippen LogP contribution in [0.25, 0.3) is 0 Å². The molecule has 2 aromatic carbocycles. The molecule has 0 spiro atoms. The zero-order chi connectivity index (χ0) is 13.9. The Hall–Kier alpha value is -1.67. The van der Waals surface area contributed by atoms with Gasteiger partial charge in [0.25, 0.3) is 0 Å². The number of hydrogen-bond acceptors (Lipinski definition) is 1. The maximum absolute atomic E-state index is 14.3. The van der Waals surface area contributed by atoms with Gasteiger partial charge in [0.15, 0.2) is 0 Å². The van der Waals surface area contributed by atoms with Crippen molar-refractivity contribution >= 4 is 0 Å². The average Bonchev–Trinajstić information content (AvgIpc) is 2.63. The van der Waals surface area contributed by atoms with Crippen molar-refractivity contribution in [2.45, 2.75) is 25.7 Å². The van der Waals surface area contributed by atoms with Crippen LogP contribution in [0.5, 0.6) is 0 Å². The fourth-order valence-corrected chi connectivity index (χ4v) is 2.96. The van der Waals surface area contributed by atoms with E-state index in [0.29, 0.717) is 12.3 Å². The van der Waals surface area contributed by atoms with Gasteiger partial charge in [0.2, 0.25) is 0 Å².